The standard InChI is InChI=1S/C24H21NO3/c1-27-16-20-19-12-6-8-14-22(19)28-23(20)24(26)25-21-13-7-5-11-18(21)15-17-9-3-2-4-10-17/h2-14H,15-16H2,1H3,(H,25,26). The Morgan fingerprint density at radius 2 is 1.64 bits per heavy atom. The van der Waals surface area contributed by atoms with Gasteiger partial charge in [-0.15, -0.1) is 0 Å². The predicted octanol–water partition coefficient (Wildman–Crippen LogP) is 5.42. The van der Waals surface area contributed by atoms with Crippen molar-refractivity contribution in [1.82, 2.24) is 0 Å². The third-order valence-corrected chi connectivity index (χ3v) is 4.70. The van der Waals surface area contributed by atoms with E-state index in [1.165, 1.54) is 5.56 Å². The van der Waals surface area contributed by atoms with Crippen LogP contribution in [0.2, 0.25) is 0 Å². The second-order valence-electron chi connectivity index (χ2n) is 6.61. The maximum Gasteiger partial charge on any atom is 0.291 e. The number of ether oxygens (including phenoxy) is 1. The van der Waals surface area contributed by atoms with Gasteiger partial charge in [-0.3, -0.25) is 4.79 Å². The number of fused-ring (bicyclic) bond motifs is 1. The zero-order valence-electron chi connectivity index (χ0n) is 15.6. The van der Waals surface area contributed by atoms with Gasteiger partial charge in [0.2, 0.25) is 0 Å². The van der Waals surface area contributed by atoms with Crippen molar-refractivity contribution in [2.45, 2.75) is 13.0 Å². The molecule has 0 saturated heterocycles. The van der Waals surface area contributed by atoms with Crippen molar-refractivity contribution < 1.29 is 13.9 Å². The van der Waals surface area contributed by atoms with Gasteiger partial charge in [-0.05, 0) is 29.7 Å². The van der Waals surface area contributed by atoms with E-state index >= 15 is 0 Å². The first-order valence-corrected chi connectivity index (χ1v) is 9.19. The lowest BCUT2D eigenvalue weighted by Gasteiger charge is -2.11. The molecule has 4 aromatic rings. The zero-order chi connectivity index (χ0) is 19.3. The molecule has 1 heterocycles. The highest BCUT2D eigenvalue weighted by Gasteiger charge is 2.21. The first-order valence-electron chi connectivity index (χ1n) is 9.19. The van der Waals surface area contributed by atoms with E-state index in [1.807, 2.05) is 66.7 Å². The molecule has 140 valence electrons. The number of para-hydroxylation sites is 2. The van der Waals surface area contributed by atoms with Gasteiger partial charge in [0, 0.05) is 23.7 Å². The van der Waals surface area contributed by atoms with Crippen LogP contribution in [0, 0.1) is 0 Å². The maximum absolute atomic E-state index is 13.0. The lowest BCUT2D eigenvalue weighted by Crippen LogP contribution is -2.14. The molecule has 4 rings (SSSR count). The van der Waals surface area contributed by atoms with Crippen molar-refractivity contribution in [2.75, 3.05) is 12.4 Å². The number of carbonyl (C=O) groups is 1. The van der Waals surface area contributed by atoms with E-state index in [2.05, 4.69) is 17.4 Å². The molecule has 1 amide bonds. The molecule has 0 aliphatic rings. The molecule has 3 aromatic carbocycles. The van der Waals surface area contributed by atoms with Crippen LogP contribution in [-0.4, -0.2) is 13.0 Å². The molecule has 0 spiro atoms. The number of rotatable bonds is 6. The number of carbonyl (C=O) groups excluding carboxylic acids is 1. The van der Waals surface area contributed by atoms with Crippen LogP contribution in [0.15, 0.2) is 83.3 Å². The van der Waals surface area contributed by atoms with Gasteiger partial charge in [-0.2, -0.15) is 0 Å². The van der Waals surface area contributed by atoms with Gasteiger partial charge >= 0.3 is 0 Å². The SMILES string of the molecule is COCc1c(C(=O)Nc2ccccc2Cc2ccccc2)oc2ccccc12. The smallest absolute Gasteiger partial charge is 0.291 e. The Bertz CT molecular complexity index is 1100. The van der Waals surface area contributed by atoms with E-state index in [0.717, 1.165) is 28.6 Å². The van der Waals surface area contributed by atoms with Crippen LogP contribution in [-0.2, 0) is 17.8 Å². The van der Waals surface area contributed by atoms with Crippen LogP contribution >= 0.6 is 0 Å². The quantitative estimate of drug-likeness (QED) is 0.492. The van der Waals surface area contributed by atoms with Crippen LogP contribution in [0.3, 0.4) is 0 Å². The molecule has 4 heteroatoms. The molecule has 0 bridgehead atoms. The summed E-state index contributed by atoms with van der Waals surface area (Å²) < 4.78 is 11.1. The number of hydrogen-bond donors (Lipinski definition) is 1. The number of methoxy groups -OCH3 is 1. The maximum atomic E-state index is 13.0. The van der Waals surface area contributed by atoms with E-state index in [-0.39, 0.29) is 11.7 Å². The predicted molar refractivity (Wildman–Crippen MR) is 111 cm³/mol. The number of hydrogen-bond acceptors (Lipinski definition) is 3. The van der Waals surface area contributed by atoms with E-state index in [1.54, 1.807) is 7.11 Å². The molecule has 0 atom stereocenters. The van der Waals surface area contributed by atoms with Gasteiger partial charge in [-0.25, -0.2) is 0 Å². The Kier molecular flexibility index (Phi) is 5.22. The van der Waals surface area contributed by atoms with Crippen LogP contribution in [0.4, 0.5) is 5.69 Å². The average molecular weight is 371 g/mol. The fraction of sp³-hybridized carbons (Fsp3) is 0.125. The van der Waals surface area contributed by atoms with Crippen molar-refractivity contribution >= 4 is 22.6 Å². The van der Waals surface area contributed by atoms with Crippen LogP contribution in [0.5, 0.6) is 0 Å². The molecule has 28 heavy (non-hydrogen) atoms. The lowest BCUT2D eigenvalue weighted by atomic mass is 10.0. The van der Waals surface area contributed by atoms with Crippen molar-refractivity contribution in [3.8, 4) is 0 Å². The van der Waals surface area contributed by atoms with Crippen molar-refractivity contribution in [1.29, 1.82) is 0 Å². The first kappa shape index (κ1) is 18.0. The third kappa shape index (κ3) is 3.68. The molecule has 4 nitrogen and oxygen atoms in total. The number of anilines is 1. The van der Waals surface area contributed by atoms with E-state index in [0.29, 0.717) is 12.2 Å². The molecule has 0 aliphatic heterocycles. The summed E-state index contributed by atoms with van der Waals surface area (Å²) in [5.74, 6) is 0.0151. The van der Waals surface area contributed by atoms with Crippen LogP contribution < -0.4 is 5.32 Å². The second kappa shape index (κ2) is 8.11. The summed E-state index contributed by atoms with van der Waals surface area (Å²) >= 11 is 0. The third-order valence-electron chi connectivity index (χ3n) is 4.70. The van der Waals surface area contributed by atoms with Crippen LogP contribution in [0.25, 0.3) is 11.0 Å². The van der Waals surface area contributed by atoms with Crippen molar-refractivity contribution in [3.05, 3.63) is 101 Å². The topological polar surface area (TPSA) is 51.5 Å². The minimum atomic E-state index is -0.274. The molecule has 1 aromatic heterocycles. The molecule has 0 radical (unpaired) electrons. The van der Waals surface area contributed by atoms with Crippen LogP contribution in [0.1, 0.15) is 27.2 Å². The molecule has 0 unspecified atom stereocenters. The van der Waals surface area contributed by atoms with Gasteiger partial charge in [0.15, 0.2) is 5.76 Å². The highest BCUT2D eigenvalue weighted by Crippen LogP contribution is 2.28. The summed E-state index contributed by atoms with van der Waals surface area (Å²) in [5.41, 5.74) is 4.45. The van der Waals surface area contributed by atoms with E-state index in [9.17, 15) is 4.79 Å². The van der Waals surface area contributed by atoms with Gasteiger partial charge in [0.05, 0.1) is 6.61 Å². The molecular formula is C24H21NO3. The number of nitrogens with one attached hydrogen (secondary N) is 1. The summed E-state index contributed by atoms with van der Waals surface area (Å²) in [6.07, 6.45) is 0.738. The monoisotopic (exact) mass is 371 g/mol. The summed E-state index contributed by atoms with van der Waals surface area (Å²) in [6.45, 7) is 0.311. The van der Waals surface area contributed by atoms with Gasteiger partial charge in [-0.1, -0.05) is 66.7 Å². The van der Waals surface area contributed by atoms with Gasteiger partial charge in [0.1, 0.15) is 5.58 Å². The Morgan fingerprint density at radius 3 is 2.46 bits per heavy atom. The summed E-state index contributed by atoms with van der Waals surface area (Å²) in [5, 5.41) is 3.91. The zero-order valence-corrected chi connectivity index (χ0v) is 15.6. The minimum Gasteiger partial charge on any atom is -0.451 e. The normalized spacial score (nSPS) is 10.9. The largest absolute Gasteiger partial charge is 0.451 e. The van der Waals surface area contributed by atoms with Crippen molar-refractivity contribution in [2.24, 2.45) is 0 Å². The highest BCUT2D eigenvalue weighted by molar-refractivity contribution is 6.06. The Balaban J connectivity index is 1.64. The Labute approximate surface area is 163 Å². The molecule has 0 saturated carbocycles. The van der Waals surface area contributed by atoms with E-state index in [4.69, 9.17) is 9.15 Å². The number of benzene rings is 3. The Morgan fingerprint density at radius 1 is 0.929 bits per heavy atom. The fourth-order valence-electron chi connectivity index (χ4n) is 3.36. The van der Waals surface area contributed by atoms with Gasteiger partial charge < -0.3 is 14.5 Å². The van der Waals surface area contributed by atoms with Gasteiger partial charge in [0.25, 0.3) is 5.91 Å². The second-order valence-corrected chi connectivity index (χ2v) is 6.61. The number of furan rings is 1. The minimum absolute atomic E-state index is 0.274. The average Bonchev–Trinajstić information content (AvgIpc) is 3.09. The lowest BCUT2D eigenvalue weighted by molar-refractivity contribution is 0.0992. The summed E-state index contributed by atoms with van der Waals surface area (Å²) in [6, 6.07) is 25.6. The highest BCUT2D eigenvalue weighted by atomic mass is 16.5. The first-order chi connectivity index (χ1) is 13.8. The summed E-state index contributed by atoms with van der Waals surface area (Å²) in [4.78, 5) is 13.0. The van der Waals surface area contributed by atoms with E-state index < -0.39 is 0 Å². The fourth-order valence-corrected chi connectivity index (χ4v) is 3.36. The number of amides is 1. The molecule has 0 fully saturated rings. The van der Waals surface area contributed by atoms with Crippen molar-refractivity contribution in [3.63, 3.8) is 0 Å². The Hall–Kier alpha value is -3.37. The molecule has 0 aliphatic carbocycles. The molecule has 1 N–H and O–H groups in total. The molecular weight excluding hydrogens is 350 g/mol. The summed E-state index contributed by atoms with van der Waals surface area (Å²) in [7, 11) is 1.61.